The third-order valence-corrected chi connectivity index (χ3v) is 4.73. The summed E-state index contributed by atoms with van der Waals surface area (Å²) in [4.78, 5) is 30.0. The predicted molar refractivity (Wildman–Crippen MR) is 115 cm³/mol. The fourth-order valence-corrected chi connectivity index (χ4v) is 3.62. The van der Waals surface area contributed by atoms with Gasteiger partial charge in [0, 0.05) is 26.8 Å². The average molecular weight is 402 g/mol. The zero-order valence-corrected chi connectivity index (χ0v) is 17.6. The topological polar surface area (TPSA) is 85.7 Å². The van der Waals surface area contributed by atoms with Crippen LogP contribution in [0.4, 0.5) is 11.6 Å². The van der Waals surface area contributed by atoms with Crippen molar-refractivity contribution in [3.63, 3.8) is 0 Å². The fraction of sp³-hybridized carbons (Fsp3) is 0.476. The number of esters is 1. The summed E-state index contributed by atoms with van der Waals surface area (Å²) < 4.78 is 12.1. The number of benzene rings is 1. The van der Waals surface area contributed by atoms with Gasteiger partial charge in [0.15, 0.2) is 0 Å². The van der Waals surface area contributed by atoms with Crippen LogP contribution in [0.5, 0.6) is 0 Å². The lowest BCUT2D eigenvalue weighted by Crippen LogP contribution is -2.36. The number of anilines is 2. The van der Waals surface area contributed by atoms with E-state index in [1.165, 1.54) is 7.11 Å². The number of imidazole rings is 1. The van der Waals surface area contributed by atoms with E-state index < -0.39 is 5.97 Å². The van der Waals surface area contributed by atoms with Gasteiger partial charge in [-0.25, -0.2) is 9.78 Å². The highest BCUT2D eigenvalue weighted by Gasteiger charge is 2.30. The summed E-state index contributed by atoms with van der Waals surface area (Å²) in [6.45, 7) is 10.0. The molecule has 1 amide bonds. The second-order valence-corrected chi connectivity index (χ2v) is 6.39. The lowest BCUT2D eigenvalue weighted by molar-refractivity contribution is -0.105. The molecule has 0 radical (unpaired) electrons. The molecule has 0 fully saturated rings. The van der Waals surface area contributed by atoms with Gasteiger partial charge in [-0.3, -0.25) is 10.1 Å². The minimum absolute atomic E-state index is 0.0778. The van der Waals surface area contributed by atoms with Gasteiger partial charge in [0.2, 0.25) is 12.4 Å². The van der Waals surface area contributed by atoms with Crippen LogP contribution >= 0.6 is 0 Å². The van der Waals surface area contributed by atoms with Crippen LogP contribution in [0.3, 0.4) is 0 Å². The maximum Gasteiger partial charge on any atom is 0.338 e. The second-order valence-electron chi connectivity index (χ2n) is 6.39. The molecule has 2 heterocycles. The van der Waals surface area contributed by atoms with Gasteiger partial charge in [-0.15, -0.1) is 6.58 Å². The van der Waals surface area contributed by atoms with Crippen molar-refractivity contribution in [2.45, 2.75) is 32.7 Å². The molecule has 1 aliphatic heterocycles. The largest absolute Gasteiger partial charge is 0.465 e. The average Bonchev–Trinajstić information content (AvgIpc) is 3.11. The van der Waals surface area contributed by atoms with Crippen molar-refractivity contribution < 1.29 is 19.1 Å². The van der Waals surface area contributed by atoms with Crippen LogP contribution in [0, 0.1) is 0 Å². The Balaban J connectivity index is 0.00000145. The number of amides is 1. The van der Waals surface area contributed by atoms with Gasteiger partial charge in [-0.2, -0.15) is 0 Å². The Morgan fingerprint density at radius 2 is 2.14 bits per heavy atom. The first-order valence-corrected chi connectivity index (χ1v) is 9.83. The quantitative estimate of drug-likeness (QED) is 0.299. The van der Waals surface area contributed by atoms with Crippen LogP contribution in [-0.2, 0) is 14.3 Å². The van der Waals surface area contributed by atoms with Gasteiger partial charge in [-0.1, -0.05) is 19.9 Å². The van der Waals surface area contributed by atoms with Gasteiger partial charge in [0.25, 0.3) is 0 Å². The summed E-state index contributed by atoms with van der Waals surface area (Å²) in [5, 5.41) is 2.68. The molecule has 8 nitrogen and oxygen atoms in total. The molecule has 1 unspecified atom stereocenters. The zero-order chi connectivity index (χ0) is 21.4. The minimum Gasteiger partial charge on any atom is -0.465 e. The van der Waals surface area contributed by atoms with E-state index in [1.54, 1.807) is 13.2 Å². The lowest BCUT2D eigenvalue weighted by Gasteiger charge is -2.36. The lowest BCUT2D eigenvalue weighted by atomic mass is 10.1. The molecule has 0 aliphatic carbocycles. The third kappa shape index (κ3) is 4.59. The molecule has 158 valence electrons. The normalized spacial score (nSPS) is 14.8. The number of rotatable bonds is 9. The number of aromatic nitrogens is 2. The zero-order valence-electron chi connectivity index (χ0n) is 17.6. The highest BCUT2D eigenvalue weighted by atomic mass is 16.5. The first kappa shape index (κ1) is 22.4. The van der Waals surface area contributed by atoms with Crippen LogP contribution < -0.4 is 10.2 Å². The number of methoxy groups -OCH3 is 2. The molecule has 0 saturated heterocycles. The smallest absolute Gasteiger partial charge is 0.338 e. The molecule has 0 spiro atoms. The first-order chi connectivity index (χ1) is 14.1. The highest BCUT2D eigenvalue weighted by Crippen LogP contribution is 2.39. The van der Waals surface area contributed by atoms with E-state index in [4.69, 9.17) is 9.47 Å². The fourth-order valence-electron chi connectivity index (χ4n) is 3.62. The molecule has 2 aromatic rings. The molecule has 1 aliphatic rings. The number of carbonyl (C=O) groups excluding carboxylic acids is 2. The van der Waals surface area contributed by atoms with E-state index in [-0.39, 0.29) is 6.04 Å². The van der Waals surface area contributed by atoms with Crippen molar-refractivity contribution in [1.29, 1.82) is 0 Å². The summed E-state index contributed by atoms with van der Waals surface area (Å²) in [5.41, 5.74) is 2.86. The summed E-state index contributed by atoms with van der Waals surface area (Å²) in [6, 6.07) is 3.60. The number of ether oxygens (including phenoxy) is 2. The molecule has 3 rings (SSSR count). The molecule has 0 saturated carbocycles. The highest BCUT2D eigenvalue weighted by molar-refractivity contribution is 6.01. The Labute approximate surface area is 171 Å². The molecule has 1 aromatic carbocycles. The summed E-state index contributed by atoms with van der Waals surface area (Å²) in [6.07, 6.45) is 4.07. The summed E-state index contributed by atoms with van der Waals surface area (Å²) in [7, 11) is 3.03. The summed E-state index contributed by atoms with van der Waals surface area (Å²) in [5.74, 6) is 0.0457. The molecule has 0 bridgehead atoms. The van der Waals surface area contributed by atoms with Gasteiger partial charge < -0.3 is 18.9 Å². The number of hydrogen-bond acceptors (Lipinski definition) is 6. The van der Waals surface area contributed by atoms with Gasteiger partial charge in [0.1, 0.15) is 0 Å². The third-order valence-electron chi connectivity index (χ3n) is 4.73. The standard InChI is InChI=1S/C19H24N4O4.C2H6/c1-4-6-14-11-22(7-5-8-26-2)16-10-13(18(25)27-3)9-15-17(16)23(14)19(21-15)20-12-24;1-2/h4,9-10,12,14H,1,5-8,11H2,2-3H3,(H,20,21,24);1-2H3. The van der Waals surface area contributed by atoms with E-state index in [0.717, 1.165) is 30.6 Å². The van der Waals surface area contributed by atoms with Crippen molar-refractivity contribution in [3.05, 3.63) is 30.4 Å². The maximum absolute atomic E-state index is 12.1. The van der Waals surface area contributed by atoms with Crippen LogP contribution in [0.25, 0.3) is 11.0 Å². The van der Waals surface area contributed by atoms with Crippen molar-refractivity contribution >= 4 is 35.0 Å². The van der Waals surface area contributed by atoms with Crippen molar-refractivity contribution in [3.8, 4) is 0 Å². The number of nitrogens with one attached hydrogen (secondary N) is 1. The maximum atomic E-state index is 12.1. The molecule has 1 aromatic heterocycles. The molecule has 1 N–H and O–H groups in total. The van der Waals surface area contributed by atoms with Crippen LogP contribution in [0.15, 0.2) is 24.8 Å². The summed E-state index contributed by atoms with van der Waals surface area (Å²) >= 11 is 0. The van der Waals surface area contributed by atoms with E-state index in [2.05, 4.69) is 21.8 Å². The molecule has 29 heavy (non-hydrogen) atoms. The Hall–Kier alpha value is -2.87. The van der Waals surface area contributed by atoms with Gasteiger partial charge in [-0.05, 0) is 25.0 Å². The van der Waals surface area contributed by atoms with Crippen LogP contribution in [-0.4, -0.2) is 55.8 Å². The second kappa shape index (κ2) is 10.6. The Morgan fingerprint density at radius 3 is 2.76 bits per heavy atom. The Morgan fingerprint density at radius 1 is 1.38 bits per heavy atom. The Kier molecular flexibility index (Phi) is 8.21. The molecule has 8 heteroatoms. The SMILES string of the molecule is C=CCC1CN(CCCOC)c2cc(C(=O)OC)cc3nc(NC=O)n1c23.CC. The number of carbonyl (C=O) groups is 2. The van der Waals surface area contributed by atoms with Crippen molar-refractivity contribution in [2.24, 2.45) is 0 Å². The molecule has 1 atom stereocenters. The van der Waals surface area contributed by atoms with Gasteiger partial charge >= 0.3 is 5.97 Å². The first-order valence-electron chi connectivity index (χ1n) is 9.83. The number of allylic oxidation sites excluding steroid dienone is 1. The monoisotopic (exact) mass is 402 g/mol. The minimum atomic E-state index is -0.419. The van der Waals surface area contributed by atoms with E-state index in [9.17, 15) is 9.59 Å². The van der Waals surface area contributed by atoms with E-state index in [0.29, 0.717) is 36.6 Å². The molecular formula is C21H30N4O4. The van der Waals surface area contributed by atoms with Crippen LogP contribution in [0.2, 0.25) is 0 Å². The van der Waals surface area contributed by atoms with E-state index in [1.807, 2.05) is 30.6 Å². The van der Waals surface area contributed by atoms with E-state index >= 15 is 0 Å². The van der Waals surface area contributed by atoms with Crippen LogP contribution in [0.1, 0.15) is 43.1 Å². The number of nitrogens with zero attached hydrogens (tertiary/aromatic N) is 3. The van der Waals surface area contributed by atoms with Crippen molar-refractivity contribution in [1.82, 2.24) is 9.55 Å². The van der Waals surface area contributed by atoms with Crippen molar-refractivity contribution in [2.75, 3.05) is 44.1 Å². The van der Waals surface area contributed by atoms with Gasteiger partial charge in [0.05, 0.1) is 35.4 Å². The number of hydrogen-bond donors (Lipinski definition) is 1. The predicted octanol–water partition coefficient (Wildman–Crippen LogP) is 3.39. The Bertz CT molecular complexity index is 862. The molecular weight excluding hydrogens is 372 g/mol.